The van der Waals surface area contributed by atoms with Crippen LogP contribution in [0.2, 0.25) is 0 Å². The Morgan fingerprint density at radius 1 is 1.12 bits per heavy atom. The molecule has 46 valence electrons. The number of hydrogen-bond acceptors (Lipinski definition) is 3. The molecule has 8 heavy (non-hydrogen) atoms. The lowest BCUT2D eigenvalue weighted by atomic mass is 10.6. The molecule has 1 heterocycles. The lowest BCUT2D eigenvalue weighted by molar-refractivity contribution is 0.407. The molecule has 0 aromatic carbocycles. The van der Waals surface area contributed by atoms with Gasteiger partial charge in [-0.2, -0.15) is 0 Å². The molecule has 0 aliphatic carbocycles. The van der Waals surface area contributed by atoms with Crippen LogP contribution in [-0.2, 0) is 0 Å². The van der Waals surface area contributed by atoms with E-state index in [1.165, 1.54) is 0 Å². The maximum absolute atomic E-state index is 8.42. The van der Waals surface area contributed by atoms with Crippen molar-refractivity contribution in [3.63, 3.8) is 0 Å². The van der Waals surface area contributed by atoms with Gasteiger partial charge in [0.15, 0.2) is 11.5 Å². The number of rotatable bonds is 0. The van der Waals surface area contributed by atoms with Crippen molar-refractivity contribution in [1.29, 1.82) is 0 Å². The summed E-state index contributed by atoms with van der Waals surface area (Å²) in [5, 5.41) is 16.8. The average molecular weight is 118 g/mol. The maximum atomic E-state index is 8.42. The first kappa shape index (κ1) is 6.84. The van der Waals surface area contributed by atoms with E-state index in [9.17, 15) is 0 Å². The molecule has 0 bridgehead atoms. The van der Waals surface area contributed by atoms with Crippen molar-refractivity contribution in [3.05, 3.63) is 12.5 Å². The van der Waals surface area contributed by atoms with Gasteiger partial charge < -0.3 is 20.1 Å². The fourth-order valence-corrected chi connectivity index (χ4v) is 0.284. The van der Waals surface area contributed by atoms with Crippen molar-refractivity contribution in [2.75, 3.05) is 0 Å². The summed E-state index contributed by atoms with van der Waals surface area (Å²) < 4.78 is 4.34. The minimum atomic E-state index is -0.222. The molecule has 0 saturated heterocycles. The highest BCUT2D eigenvalue weighted by Crippen LogP contribution is 2.23. The zero-order valence-electron chi connectivity index (χ0n) is 3.96. The van der Waals surface area contributed by atoms with Crippen LogP contribution in [0, 0.1) is 0 Å². The van der Waals surface area contributed by atoms with E-state index in [1.54, 1.807) is 0 Å². The Bertz CT molecular complexity index is 140. The van der Waals surface area contributed by atoms with Gasteiger partial charge in [-0.3, -0.25) is 0 Å². The first-order chi connectivity index (χ1) is 3.30. The predicted octanol–water partition coefficient (Wildman–Crippen LogP) is -0.134. The van der Waals surface area contributed by atoms with Gasteiger partial charge in [-0.15, -0.1) is 0 Å². The molecule has 1 rings (SSSR count). The summed E-state index contributed by atoms with van der Waals surface area (Å²) in [5.74, 6) is -0.444. The SMILES string of the molecule is O.Oc1cocc1O. The van der Waals surface area contributed by atoms with Crippen molar-refractivity contribution < 1.29 is 20.1 Å². The van der Waals surface area contributed by atoms with Crippen LogP contribution in [0.3, 0.4) is 0 Å². The summed E-state index contributed by atoms with van der Waals surface area (Å²) in [5.41, 5.74) is 0. The van der Waals surface area contributed by atoms with Crippen LogP contribution >= 0.6 is 0 Å². The Hall–Kier alpha value is -1.16. The fraction of sp³-hybridized carbons (Fsp3) is 0. The Morgan fingerprint density at radius 3 is 1.62 bits per heavy atom. The highest BCUT2D eigenvalue weighted by molar-refractivity contribution is 5.30. The molecule has 0 radical (unpaired) electrons. The van der Waals surface area contributed by atoms with Crippen molar-refractivity contribution in [3.8, 4) is 11.5 Å². The van der Waals surface area contributed by atoms with Gasteiger partial charge in [0.2, 0.25) is 0 Å². The Morgan fingerprint density at radius 2 is 1.50 bits per heavy atom. The number of aromatic hydroxyl groups is 2. The topological polar surface area (TPSA) is 85.1 Å². The average Bonchev–Trinajstić information content (AvgIpc) is 1.91. The molecule has 0 spiro atoms. The second-order valence-corrected chi connectivity index (χ2v) is 1.14. The molecular formula is C4H6O4. The molecule has 4 nitrogen and oxygen atoms in total. The van der Waals surface area contributed by atoms with Crippen molar-refractivity contribution in [2.24, 2.45) is 0 Å². The van der Waals surface area contributed by atoms with Crippen LogP contribution in [0.1, 0.15) is 0 Å². The zero-order chi connectivity index (χ0) is 5.28. The Labute approximate surface area is 45.3 Å². The first-order valence-corrected chi connectivity index (χ1v) is 1.75. The quantitative estimate of drug-likeness (QED) is 0.497. The van der Waals surface area contributed by atoms with E-state index in [0.29, 0.717) is 0 Å². The first-order valence-electron chi connectivity index (χ1n) is 1.75. The summed E-state index contributed by atoms with van der Waals surface area (Å²) in [7, 11) is 0. The van der Waals surface area contributed by atoms with E-state index in [4.69, 9.17) is 10.2 Å². The summed E-state index contributed by atoms with van der Waals surface area (Å²) in [6.07, 6.45) is 2.10. The molecule has 0 unspecified atom stereocenters. The van der Waals surface area contributed by atoms with E-state index in [2.05, 4.69) is 4.42 Å². The third-order valence-corrected chi connectivity index (χ3v) is 0.622. The van der Waals surface area contributed by atoms with Gasteiger partial charge in [-0.1, -0.05) is 0 Å². The van der Waals surface area contributed by atoms with Crippen molar-refractivity contribution >= 4 is 0 Å². The smallest absolute Gasteiger partial charge is 0.196 e. The lowest BCUT2D eigenvalue weighted by Crippen LogP contribution is -1.50. The molecule has 4 heteroatoms. The maximum Gasteiger partial charge on any atom is 0.196 e. The predicted molar refractivity (Wildman–Crippen MR) is 25.7 cm³/mol. The Balaban J connectivity index is 0.000000490. The van der Waals surface area contributed by atoms with Gasteiger partial charge in [0, 0.05) is 0 Å². The number of furan rings is 1. The van der Waals surface area contributed by atoms with Gasteiger partial charge in [0.1, 0.15) is 12.5 Å². The standard InChI is InChI=1S/C4H4O3.H2O/c5-3-1-7-2-4(3)6;/h1-2,5-6H;1H2. The highest BCUT2D eigenvalue weighted by atomic mass is 16.4. The second-order valence-electron chi connectivity index (χ2n) is 1.14. The van der Waals surface area contributed by atoms with Gasteiger partial charge in [0.05, 0.1) is 0 Å². The fourth-order valence-electron chi connectivity index (χ4n) is 0.284. The molecular weight excluding hydrogens is 112 g/mol. The molecule has 0 aliphatic rings. The van der Waals surface area contributed by atoms with Crippen LogP contribution < -0.4 is 0 Å². The molecule has 1 aromatic rings. The minimum absolute atomic E-state index is 0. The third kappa shape index (κ3) is 0.913. The van der Waals surface area contributed by atoms with E-state index >= 15 is 0 Å². The van der Waals surface area contributed by atoms with Gasteiger partial charge in [0.25, 0.3) is 0 Å². The zero-order valence-corrected chi connectivity index (χ0v) is 3.96. The molecule has 0 amide bonds. The van der Waals surface area contributed by atoms with Gasteiger partial charge in [-0.25, -0.2) is 0 Å². The lowest BCUT2D eigenvalue weighted by Gasteiger charge is -1.76. The molecule has 4 N–H and O–H groups in total. The normalized spacial score (nSPS) is 8.00. The molecule has 1 aromatic heterocycles. The largest absolute Gasteiger partial charge is 0.502 e. The van der Waals surface area contributed by atoms with Crippen molar-refractivity contribution in [1.82, 2.24) is 0 Å². The second kappa shape index (κ2) is 2.23. The van der Waals surface area contributed by atoms with Crippen molar-refractivity contribution in [2.45, 2.75) is 0 Å². The summed E-state index contributed by atoms with van der Waals surface area (Å²) in [6.45, 7) is 0. The summed E-state index contributed by atoms with van der Waals surface area (Å²) in [6, 6.07) is 0. The minimum Gasteiger partial charge on any atom is -0.502 e. The summed E-state index contributed by atoms with van der Waals surface area (Å²) in [4.78, 5) is 0. The number of hydrogen-bond donors (Lipinski definition) is 2. The van der Waals surface area contributed by atoms with Crippen LogP contribution in [-0.4, -0.2) is 15.7 Å². The summed E-state index contributed by atoms with van der Waals surface area (Å²) >= 11 is 0. The van der Waals surface area contributed by atoms with Crippen LogP contribution in [0.25, 0.3) is 0 Å². The van der Waals surface area contributed by atoms with E-state index in [-0.39, 0.29) is 17.0 Å². The van der Waals surface area contributed by atoms with Crippen LogP contribution in [0.4, 0.5) is 0 Å². The Kier molecular flexibility index (Phi) is 1.90. The third-order valence-electron chi connectivity index (χ3n) is 0.622. The van der Waals surface area contributed by atoms with E-state index in [1.807, 2.05) is 0 Å². The van der Waals surface area contributed by atoms with E-state index in [0.717, 1.165) is 12.5 Å². The van der Waals surface area contributed by atoms with E-state index < -0.39 is 0 Å². The highest BCUT2D eigenvalue weighted by Gasteiger charge is 1.95. The van der Waals surface area contributed by atoms with Crippen LogP contribution in [0.5, 0.6) is 11.5 Å². The molecule has 0 saturated carbocycles. The van der Waals surface area contributed by atoms with Gasteiger partial charge >= 0.3 is 0 Å². The monoisotopic (exact) mass is 118 g/mol. The van der Waals surface area contributed by atoms with Crippen LogP contribution in [0.15, 0.2) is 16.9 Å². The molecule has 0 fully saturated rings. The molecule has 0 aliphatic heterocycles. The van der Waals surface area contributed by atoms with Gasteiger partial charge in [-0.05, 0) is 0 Å². The molecule has 0 atom stereocenters.